The van der Waals surface area contributed by atoms with Crippen molar-refractivity contribution >= 4 is 29.2 Å². The van der Waals surface area contributed by atoms with Crippen molar-refractivity contribution in [1.29, 1.82) is 0 Å². The minimum Gasteiger partial charge on any atom is -0.454 e. The van der Waals surface area contributed by atoms with E-state index < -0.39 is 0 Å². The highest BCUT2D eigenvalue weighted by atomic mass is 32.1. The van der Waals surface area contributed by atoms with Crippen LogP contribution in [0.4, 0.5) is 5.69 Å². The maximum absolute atomic E-state index is 11.1. The van der Waals surface area contributed by atoms with Crippen LogP contribution in [0.3, 0.4) is 0 Å². The number of hydrogen-bond donors (Lipinski definition) is 2. The van der Waals surface area contributed by atoms with Crippen LogP contribution in [0, 0.1) is 10.1 Å². The van der Waals surface area contributed by atoms with Gasteiger partial charge in [-0.1, -0.05) is 25.1 Å². The first-order chi connectivity index (χ1) is 13.1. The molecule has 8 nitrogen and oxygen atoms in total. The maximum Gasteiger partial charge on any atom is 0.273 e. The highest BCUT2D eigenvalue weighted by Gasteiger charge is 2.13. The number of thiocarbonyl (C=S) groups is 1. The first kappa shape index (κ1) is 18.6. The molecule has 0 atom stereocenters. The molecular weight excluding hydrogens is 368 g/mol. The van der Waals surface area contributed by atoms with Gasteiger partial charge in [0.1, 0.15) is 0 Å². The number of nitrogens with one attached hydrogen (secondary N) is 2. The van der Waals surface area contributed by atoms with E-state index in [0.29, 0.717) is 35.0 Å². The first-order valence-electron chi connectivity index (χ1n) is 8.29. The van der Waals surface area contributed by atoms with Crippen LogP contribution in [-0.2, 0) is 13.0 Å². The maximum atomic E-state index is 11.1. The molecule has 1 aliphatic heterocycles. The summed E-state index contributed by atoms with van der Waals surface area (Å²) in [5, 5.41) is 18.5. The fourth-order valence-electron chi connectivity index (χ4n) is 2.57. The summed E-state index contributed by atoms with van der Waals surface area (Å²) < 4.78 is 10.6. The molecule has 1 heterocycles. The number of rotatable bonds is 6. The van der Waals surface area contributed by atoms with Crippen molar-refractivity contribution < 1.29 is 14.4 Å². The Balaban J connectivity index is 1.53. The Hall–Kier alpha value is -3.20. The topological polar surface area (TPSA) is 98.0 Å². The molecule has 0 radical (unpaired) electrons. The van der Waals surface area contributed by atoms with E-state index in [-0.39, 0.29) is 17.4 Å². The molecule has 0 bridgehead atoms. The standard InChI is InChI=1S/C18H18N4O4S/c1-2-14-5-3-12(7-15(14)22(23)24)10-20-21-18(27)19-9-13-4-6-16-17(8-13)26-11-25-16/h3-8,10H,2,9,11H2,1H3,(H2,19,21,27)/b20-10-. The zero-order valence-corrected chi connectivity index (χ0v) is 15.4. The Bertz CT molecular complexity index is 901. The third-order valence-corrected chi connectivity index (χ3v) is 4.19. The summed E-state index contributed by atoms with van der Waals surface area (Å²) in [4.78, 5) is 10.7. The monoisotopic (exact) mass is 386 g/mol. The predicted octanol–water partition coefficient (Wildman–Crippen LogP) is 2.88. The van der Waals surface area contributed by atoms with Gasteiger partial charge in [-0.15, -0.1) is 0 Å². The van der Waals surface area contributed by atoms with Crippen molar-refractivity contribution in [3.8, 4) is 11.5 Å². The molecule has 2 aromatic carbocycles. The lowest BCUT2D eigenvalue weighted by atomic mass is 10.1. The number of ether oxygens (including phenoxy) is 2. The van der Waals surface area contributed by atoms with Crippen LogP contribution in [0.1, 0.15) is 23.6 Å². The van der Waals surface area contributed by atoms with Gasteiger partial charge in [-0.25, -0.2) is 0 Å². The van der Waals surface area contributed by atoms with E-state index in [2.05, 4.69) is 15.8 Å². The van der Waals surface area contributed by atoms with Crippen LogP contribution in [-0.4, -0.2) is 23.0 Å². The molecule has 1 aliphatic rings. The van der Waals surface area contributed by atoms with E-state index >= 15 is 0 Å². The minimum absolute atomic E-state index is 0.0879. The van der Waals surface area contributed by atoms with E-state index in [4.69, 9.17) is 21.7 Å². The lowest BCUT2D eigenvalue weighted by Crippen LogP contribution is -2.31. The van der Waals surface area contributed by atoms with Gasteiger partial charge in [-0.3, -0.25) is 15.5 Å². The van der Waals surface area contributed by atoms with Crippen LogP contribution in [0.5, 0.6) is 11.5 Å². The van der Waals surface area contributed by atoms with Crippen molar-refractivity contribution in [2.45, 2.75) is 19.9 Å². The molecule has 2 N–H and O–H groups in total. The van der Waals surface area contributed by atoms with Gasteiger partial charge >= 0.3 is 0 Å². The minimum atomic E-state index is -0.388. The highest BCUT2D eigenvalue weighted by Crippen LogP contribution is 2.32. The number of hydrogen-bond acceptors (Lipinski definition) is 6. The van der Waals surface area contributed by atoms with Crippen LogP contribution >= 0.6 is 12.2 Å². The summed E-state index contributed by atoms with van der Waals surface area (Å²) in [6.07, 6.45) is 2.08. The molecule has 0 fully saturated rings. The predicted molar refractivity (Wildman–Crippen MR) is 105 cm³/mol. The summed E-state index contributed by atoms with van der Waals surface area (Å²) in [7, 11) is 0. The summed E-state index contributed by atoms with van der Waals surface area (Å²) in [6.45, 7) is 2.61. The fourth-order valence-corrected chi connectivity index (χ4v) is 2.69. The SMILES string of the molecule is CCc1ccc(/C=N\NC(=S)NCc2ccc3c(c2)OCO3)cc1[N+](=O)[O-]. The van der Waals surface area contributed by atoms with Gasteiger partial charge in [0.25, 0.3) is 5.69 Å². The molecule has 140 valence electrons. The third kappa shape index (κ3) is 4.70. The Morgan fingerprint density at radius 2 is 2.11 bits per heavy atom. The molecular formula is C18H18N4O4S. The number of nitro benzene ring substituents is 1. The number of aryl methyl sites for hydroxylation is 1. The second kappa shape index (κ2) is 8.45. The van der Waals surface area contributed by atoms with Gasteiger partial charge < -0.3 is 14.8 Å². The number of hydrazone groups is 1. The summed E-state index contributed by atoms with van der Waals surface area (Å²) in [5.41, 5.74) is 5.07. The molecule has 3 rings (SSSR count). The average Bonchev–Trinajstić information content (AvgIpc) is 3.14. The highest BCUT2D eigenvalue weighted by molar-refractivity contribution is 7.80. The Labute approximate surface area is 161 Å². The van der Waals surface area contributed by atoms with Gasteiger partial charge in [0, 0.05) is 23.7 Å². The van der Waals surface area contributed by atoms with E-state index in [9.17, 15) is 10.1 Å². The average molecular weight is 386 g/mol. The number of nitro groups is 1. The van der Waals surface area contributed by atoms with Crippen LogP contribution in [0.15, 0.2) is 41.5 Å². The van der Waals surface area contributed by atoms with Crippen LogP contribution < -0.4 is 20.2 Å². The molecule has 0 aromatic heterocycles. The lowest BCUT2D eigenvalue weighted by molar-refractivity contribution is -0.385. The molecule has 0 saturated carbocycles. The second-order valence-corrected chi connectivity index (χ2v) is 6.15. The van der Waals surface area contributed by atoms with Gasteiger partial charge in [0.05, 0.1) is 11.1 Å². The molecule has 0 amide bonds. The molecule has 0 spiro atoms. The van der Waals surface area contributed by atoms with Crippen molar-refractivity contribution in [3.63, 3.8) is 0 Å². The zero-order chi connectivity index (χ0) is 19.2. The molecule has 9 heteroatoms. The van der Waals surface area contributed by atoms with Crippen molar-refractivity contribution in [1.82, 2.24) is 10.7 Å². The number of nitrogens with zero attached hydrogens (tertiary/aromatic N) is 2. The normalized spacial score (nSPS) is 12.2. The Morgan fingerprint density at radius 1 is 1.30 bits per heavy atom. The van der Waals surface area contributed by atoms with Gasteiger partial charge in [0.15, 0.2) is 16.6 Å². The second-order valence-electron chi connectivity index (χ2n) is 5.74. The molecule has 2 aromatic rings. The van der Waals surface area contributed by atoms with Gasteiger partial charge in [0.2, 0.25) is 6.79 Å². The van der Waals surface area contributed by atoms with E-state index in [1.807, 2.05) is 25.1 Å². The van der Waals surface area contributed by atoms with E-state index in [1.54, 1.807) is 12.1 Å². The number of benzene rings is 2. The van der Waals surface area contributed by atoms with E-state index in [0.717, 1.165) is 11.3 Å². The largest absolute Gasteiger partial charge is 0.454 e. The smallest absolute Gasteiger partial charge is 0.273 e. The Morgan fingerprint density at radius 3 is 2.89 bits per heavy atom. The van der Waals surface area contributed by atoms with E-state index in [1.165, 1.54) is 12.3 Å². The van der Waals surface area contributed by atoms with Crippen molar-refractivity contribution in [3.05, 3.63) is 63.2 Å². The summed E-state index contributed by atoms with van der Waals surface area (Å²) in [6, 6.07) is 10.7. The Kier molecular flexibility index (Phi) is 5.82. The molecule has 0 aliphatic carbocycles. The summed E-state index contributed by atoms with van der Waals surface area (Å²) in [5.74, 6) is 1.44. The zero-order valence-electron chi connectivity index (χ0n) is 14.6. The summed E-state index contributed by atoms with van der Waals surface area (Å²) >= 11 is 5.17. The van der Waals surface area contributed by atoms with Crippen LogP contribution in [0.25, 0.3) is 0 Å². The number of fused-ring (bicyclic) bond motifs is 1. The third-order valence-electron chi connectivity index (χ3n) is 3.96. The molecule has 0 saturated heterocycles. The van der Waals surface area contributed by atoms with Gasteiger partial charge in [-0.05, 0) is 36.3 Å². The van der Waals surface area contributed by atoms with Crippen molar-refractivity contribution in [2.24, 2.45) is 5.10 Å². The lowest BCUT2D eigenvalue weighted by Gasteiger charge is -2.07. The first-order valence-corrected chi connectivity index (χ1v) is 8.70. The van der Waals surface area contributed by atoms with Crippen molar-refractivity contribution in [2.75, 3.05) is 6.79 Å². The quantitative estimate of drug-likeness (QED) is 0.341. The molecule has 0 unspecified atom stereocenters. The molecule has 27 heavy (non-hydrogen) atoms. The van der Waals surface area contributed by atoms with Crippen LogP contribution in [0.2, 0.25) is 0 Å². The fraction of sp³-hybridized carbons (Fsp3) is 0.222. The van der Waals surface area contributed by atoms with Gasteiger partial charge in [-0.2, -0.15) is 5.10 Å².